The second kappa shape index (κ2) is 11.9. The number of carbonyl (C=O) groups is 2. The zero-order valence-corrected chi connectivity index (χ0v) is 25.4. The summed E-state index contributed by atoms with van der Waals surface area (Å²) in [5, 5.41) is 5.50. The van der Waals surface area contributed by atoms with Crippen LogP contribution in [-0.4, -0.2) is 23.1 Å². The lowest BCUT2D eigenvalue weighted by Gasteiger charge is -2.09. The smallest absolute Gasteiger partial charge is 0.343 e. The lowest BCUT2D eigenvalue weighted by molar-refractivity contribution is 0.0734. The van der Waals surface area contributed by atoms with Gasteiger partial charge in [-0.05, 0) is 70.5 Å². The molecule has 0 fully saturated rings. The molecule has 0 spiro atoms. The third-order valence-electron chi connectivity index (χ3n) is 5.78. The van der Waals surface area contributed by atoms with Gasteiger partial charge >= 0.3 is 5.97 Å². The SMILES string of the molecule is O=C(Oc1ccc(Br)cc1C=NNC(=O)c1[nH]c2c(Br)cccc2c1-c1ccccc1Cl)c1ccc(Br)cc1. The van der Waals surface area contributed by atoms with Gasteiger partial charge in [0.1, 0.15) is 11.4 Å². The van der Waals surface area contributed by atoms with E-state index >= 15 is 0 Å². The monoisotopic (exact) mass is 727 g/mol. The lowest BCUT2D eigenvalue weighted by atomic mass is 10.0. The molecule has 1 aromatic heterocycles. The molecule has 0 aliphatic carbocycles. The van der Waals surface area contributed by atoms with E-state index in [1.54, 1.807) is 48.5 Å². The topological polar surface area (TPSA) is 83.5 Å². The van der Waals surface area contributed by atoms with E-state index in [1.165, 1.54) is 6.21 Å². The van der Waals surface area contributed by atoms with Gasteiger partial charge in [-0.3, -0.25) is 4.79 Å². The standard InChI is InChI=1S/C29H17Br3ClN3O3/c30-18-10-8-16(9-11-18)29(38)39-24-13-12-19(31)14-17(24)15-34-36-28(37)27-25(20-4-1-2-7-23(20)33)21-5-3-6-22(32)26(21)35-27/h1-15,35H,(H,36,37). The van der Waals surface area contributed by atoms with E-state index in [9.17, 15) is 9.59 Å². The first-order valence-corrected chi connectivity index (χ1v) is 14.2. The fourth-order valence-corrected chi connectivity index (χ4v) is 5.31. The first kappa shape index (κ1) is 27.3. The molecule has 4 aromatic carbocycles. The van der Waals surface area contributed by atoms with Crippen LogP contribution in [0.2, 0.25) is 5.02 Å². The Morgan fingerprint density at radius 1 is 0.897 bits per heavy atom. The number of aromatic nitrogens is 1. The van der Waals surface area contributed by atoms with Gasteiger partial charge < -0.3 is 9.72 Å². The van der Waals surface area contributed by atoms with Crippen LogP contribution in [0.25, 0.3) is 22.0 Å². The summed E-state index contributed by atoms with van der Waals surface area (Å²) < 4.78 is 8.02. The summed E-state index contributed by atoms with van der Waals surface area (Å²) in [5.74, 6) is -0.695. The number of fused-ring (bicyclic) bond motifs is 1. The van der Waals surface area contributed by atoms with Gasteiger partial charge in [0.25, 0.3) is 5.91 Å². The predicted molar refractivity (Wildman–Crippen MR) is 165 cm³/mol. The maximum atomic E-state index is 13.4. The van der Waals surface area contributed by atoms with Crippen LogP contribution in [0, 0.1) is 0 Å². The summed E-state index contributed by atoms with van der Waals surface area (Å²) in [4.78, 5) is 29.2. The number of ether oxygens (including phenoxy) is 1. The second-order valence-corrected chi connectivity index (χ2v) is 11.4. The molecule has 0 aliphatic rings. The fourth-order valence-electron chi connectivity index (χ4n) is 3.97. The molecule has 6 nitrogen and oxygen atoms in total. The molecule has 2 N–H and O–H groups in total. The van der Waals surface area contributed by atoms with Crippen molar-refractivity contribution < 1.29 is 14.3 Å². The van der Waals surface area contributed by atoms with Gasteiger partial charge in [0, 0.05) is 40.5 Å². The maximum absolute atomic E-state index is 13.4. The number of para-hydroxylation sites is 1. The molecule has 39 heavy (non-hydrogen) atoms. The molecule has 0 radical (unpaired) electrons. The van der Waals surface area contributed by atoms with Gasteiger partial charge in [0.05, 0.1) is 17.3 Å². The summed E-state index contributed by atoms with van der Waals surface area (Å²) >= 11 is 16.8. The third kappa shape index (κ3) is 6.01. The molecular weight excluding hydrogens is 714 g/mol. The van der Waals surface area contributed by atoms with E-state index in [-0.39, 0.29) is 5.75 Å². The predicted octanol–water partition coefficient (Wildman–Crippen LogP) is 8.76. The lowest BCUT2D eigenvalue weighted by Crippen LogP contribution is -2.19. The Morgan fingerprint density at radius 3 is 2.41 bits per heavy atom. The number of hydrogen-bond donors (Lipinski definition) is 2. The molecule has 10 heteroatoms. The number of rotatable bonds is 6. The molecule has 0 saturated carbocycles. The van der Waals surface area contributed by atoms with E-state index < -0.39 is 11.9 Å². The van der Waals surface area contributed by atoms with Crippen LogP contribution >= 0.6 is 59.4 Å². The average molecular weight is 731 g/mol. The number of benzene rings is 4. The highest BCUT2D eigenvalue weighted by molar-refractivity contribution is 9.11. The van der Waals surface area contributed by atoms with Gasteiger partial charge in [-0.2, -0.15) is 5.10 Å². The molecule has 0 unspecified atom stereocenters. The molecule has 5 rings (SSSR count). The van der Waals surface area contributed by atoms with E-state index in [2.05, 4.69) is 63.3 Å². The van der Waals surface area contributed by atoms with Crippen molar-refractivity contribution in [1.29, 1.82) is 0 Å². The van der Waals surface area contributed by atoms with E-state index in [0.717, 1.165) is 24.3 Å². The number of amides is 1. The largest absolute Gasteiger partial charge is 0.422 e. The summed E-state index contributed by atoms with van der Waals surface area (Å²) in [6.45, 7) is 0. The van der Waals surface area contributed by atoms with Crippen LogP contribution in [-0.2, 0) is 0 Å². The fraction of sp³-hybridized carbons (Fsp3) is 0. The Labute approximate surface area is 253 Å². The van der Waals surface area contributed by atoms with Crippen molar-refractivity contribution in [2.75, 3.05) is 0 Å². The van der Waals surface area contributed by atoms with Gasteiger partial charge in [-0.25, -0.2) is 10.2 Å². The first-order chi connectivity index (χ1) is 18.8. The Bertz CT molecular complexity index is 1750. The Kier molecular flexibility index (Phi) is 8.32. The van der Waals surface area contributed by atoms with E-state index in [1.807, 2.05) is 36.4 Å². The minimum absolute atomic E-state index is 0.287. The molecule has 194 valence electrons. The highest BCUT2D eigenvalue weighted by Gasteiger charge is 2.21. The number of halogens is 4. The third-order valence-corrected chi connectivity index (χ3v) is 7.79. The summed E-state index contributed by atoms with van der Waals surface area (Å²) in [5.41, 5.74) is 5.90. The number of aromatic amines is 1. The normalized spacial score (nSPS) is 11.2. The minimum atomic E-state index is -0.517. The molecule has 0 saturated heterocycles. The molecule has 0 aliphatic heterocycles. The molecular formula is C29H17Br3ClN3O3. The summed E-state index contributed by atoms with van der Waals surface area (Å²) in [6.07, 6.45) is 1.42. The van der Waals surface area contributed by atoms with Crippen LogP contribution in [0.3, 0.4) is 0 Å². The summed E-state index contributed by atoms with van der Waals surface area (Å²) in [6, 6.07) is 25.0. The van der Waals surface area contributed by atoms with E-state index in [0.29, 0.717) is 33.0 Å². The number of hydrogen-bond acceptors (Lipinski definition) is 4. The number of esters is 1. The molecule has 1 heterocycles. The number of nitrogens with one attached hydrogen (secondary N) is 2. The van der Waals surface area contributed by atoms with Gasteiger partial charge in [0.2, 0.25) is 0 Å². The molecule has 0 bridgehead atoms. The molecule has 5 aromatic rings. The van der Waals surface area contributed by atoms with Gasteiger partial charge in [-0.1, -0.05) is 73.8 Å². The quantitative estimate of drug-likeness (QED) is 0.0794. The minimum Gasteiger partial charge on any atom is -0.422 e. The summed E-state index contributed by atoms with van der Waals surface area (Å²) in [7, 11) is 0. The zero-order valence-electron chi connectivity index (χ0n) is 19.8. The van der Waals surface area contributed by atoms with Gasteiger partial charge in [-0.15, -0.1) is 0 Å². The Morgan fingerprint density at radius 2 is 1.64 bits per heavy atom. The molecule has 1 amide bonds. The number of hydrazone groups is 1. The Balaban J connectivity index is 1.43. The van der Waals surface area contributed by atoms with Crippen molar-refractivity contribution in [2.24, 2.45) is 5.10 Å². The van der Waals surface area contributed by atoms with Gasteiger partial charge in [0.15, 0.2) is 0 Å². The van der Waals surface area contributed by atoms with E-state index in [4.69, 9.17) is 16.3 Å². The maximum Gasteiger partial charge on any atom is 0.343 e. The molecule has 0 atom stereocenters. The van der Waals surface area contributed by atoms with Crippen molar-refractivity contribution in [1.82, 2.24) is 10.4 Å². The van der Waals surface area contributed by atoms with Crippen LogP contribution in [0.15, 0.2) is 103 Å². The number of nitrogens with zero attached hydrogens (tertiary/aromatic N) is 1. The highest BCUT2D eigenvalue weighted by Crippen LogP contribution is 2.38. The van der Waals surface area contributed by atoms with Crippen molar-refractivity contribution in [2.45, 2.75) is 0 Å². The number of H-pyrrole nitrogens is 1. The number of carbonyl (C=O) groups excluding carboxylic acids is 2. The van der Waals surface area contributed by atoms with Crippen LogP contribution in [0.5, 0.6) is 5.75 Å². The average Bonchev–Trinajstić information content (AvgIpc) is 3.31. The van der Waals surface area contributed by atoms with Crippen molar-refractivity contribution >= 4 is 88.4 Å². The highest BCUT2D eigenvalue weighted by atomic mass is 79.9. The van der Waals surface area contributed by atoms with Crippen LogP contribution in [0.1, 0.15) is 26.4 Å². The second-order valence-electron chi connectivity index (χ2n) is 8.29. The van der Waals surface area contributed by atoms with Crippen molar-refractivity contribution in [3.8, 4) is 16.9 Å². The first-order valence-electron chi connectivity index (χ1n) is 11.5. The van der Waals surface area contributed by atoms with Crippen molar-refractivity contribution in [3.63, 3.8) is 0 Å². The zero-order chi connectivity index (χ0) is 27.5. The van der Waals surface area contributed by atoms with Crippen molar-refractivity contribution in [3.05, 3.63) is 120 Å². The van der Waals surface area contributed by atoms with Crippen LogP contribution in [0.4, 0.5) is 0 Å². The Hall–Kier alpha value is -3.24. The van der Waals surface area contributed by atoms with Crippen LogP contribution < -0.4 is 10.2 Å².